The fourth-order valence-corrected chi connectivity index (χ4v) is 1.87. The van der Waals surface area contributed by atoms with Gasteiger partial charge in [-0.25, -0.2) is 4.39 Å². The molecule has 0 radical (unpaired) electrons. The summed E-state index contributed by atoms with van der Waals surface area (Å²) in [6.07, 6.45) is 1.55. The van der Waals surface area contributed by atoms with Gasteiger partial charge in [0.25, 0.3) is 0 Å². The third-order valence-electron chi connectivity index (χ3n) is 2.77. The normalized spacial score (nSPS) is 14.1. The molecule has 1 aliphatic rings. The summed E-state index contributed by atoms with van der Waals surface area (Å²) in [6, 6.07) is 3.31. The molecule has 0 spiro atoms. The molecular formula is C13H15FO4. The van der Waals surface area contributed by atoms with Gasteiger partial charge in [0.15, 0.2) is 17.3 Å². The number of rotatable bonds is 4. The van der Waals surface area contributed by atoms with Crippen LogP contribution in [0.25, 0.3) is 0 Å². The van der Waals surface area contributed by atoms with E-state index in [9.17, 15) is 9.18 Å². The SMILES string of the molecule is O=C(O)CCCc1ccc2c(c1F)OCCCO2. The fourth-order valence-electron chi connectivity index (χ4n) is 1.87. The molecule has 1 aliphatic heterocycles. The maximum atomic E-state index is 14.1. The molecule has 1 aromatic rings. The van der Waals surface area contributed by atoms with Crippen LogP contribution in [0.1, 0.15) is 24.8 Å². The molecule has 1 aromatic carbocycles. The Labute approximate surface area is 104 Å². The number of benzene rings is 1. The summed E-state index contributed by atoms with van der Waals surface area (Å²) in [5, 5.41) is 8.55. The molecule has 0 bridgehead atoms. The molecule has 98 valence electrons. The first-order valence-electron chi connectivity index (χ1n) is 5.97. The van der Waals surface area contributed by atoms with Crippen LogP contribution in [-0.2, 0) is 11.2 Å². The van der Waals surface area contributed by atoms with E-state index in [-0.39, 0.29) is 12.2 Å². The Morgan fingerprint density at radius 2 is 2.11 bits per heavy atom. The van der Waals surface area contributed by atoms with Crippen molar-refractivity contribution in [2.45, 2.75) is 25.7 Å². The summed E-state index contributed by atoms with van der Waals surface area (Å²) in [7, 11) is 0. The minimum atomic E-state index is -0.871. The second kappa shape index (κ2) is 5.71. The summed E-state index contributed by atoms with van der Waals surface area (Å²) in [4.78, 5) is 10.4. The average molecular weight is 254 g/mol. The molecule has 0 fully saturated rings. The number of carboxylic acids is 1. The number of halogens is 1. The van der Waals surface area contributed by atoms with Crippen LogP contribution < -0.4 is 9.47 Å². The van der Waals surface area contributed by atoms with E-state index in [0.717, 1.165) is 6.42 Å². The highest BCUT2D eigenvalue weighted by molar-refractivity contribution is 5.66. The zero-order valence-electron chi connectivity index (χ0n) is 9.95. The van der Waals surface area contributed by atoms with Gasteiger partial charge < -0.3 is 14.6 Å². The number of aliphatic carboxylic acids is 1. The molecule has 2 rings (SSSR count). The number of aryl methyl sites for hydroxylation is 1. The van der Waals surface area contributed by atoms with Gasteiger partial charge in [-0.05, 0) is 24.5 Å². The smallest absolute Gasteiger partial charge is 0.303 e. The third-order valence-corrected chi connectivity index (χ3v) is 2.77. The quantitative estimate of drug-likeness (QED) is 0.896. The molecule has 0 aliphatic carbocycles. The minimum Gasteiger partial charge on any atom is -0.489 e. The Morgan fingerprint density at radius 1 is 1.33 bits per heavy atom. The van der Waals surface area contributed by atoms with Gasteiger partial charge in [-0.3, -0.25) is 4.79 Å². The van der Waals surface area contributed by atoms with Gasteiger partial charge >= 0.3 is 5.97 Å². The van der Waals surface area contributed by atoms with Crippen molar-refractivity contribution in [1.82, 2.24) is 0 Å². The van der Waals surface area contributed by atoms with Crippen LogP contribution in [-0.4, -0.2) is 24.3 Å². The van der Waals surface area contributed by atoms with Crippen molar-refractivity contribution in [3.63, 3.8) is 0 Å². The summed E-state index contributed by atoms with van der Waals surface area (Å²) >= 11 is 0. The lowest BCUT2D eigenvalue weighted by atomic mass is 10.1. The summed E-state index contributed by atoms with van der Waals surface area (Å²) < 4.78 is 24.8. The van der Waals surface area contributed by atoms with E-state index in [0.29, 0.717) is 37.4 Å². The number of ether oxygens (including phenoxy) is 2. The molecule has 0 aromatic heterocycles. The highest BCUT2D eigenvalue weighted by Crippen LogP contribution is 2.34. The molecular weight excluding hydrogens is 239 g/mol. The van der Waals surface area contributed by atoms with Crippen molar-refractivity contribution in [2.24, 2.45) is 0 Å². The highest BCUT2D eigenvalue weighted by atomic mass is 19.1. The van der Waals surface area contributed by atoms with Crippen molar-refractivity contribution < 1.29 is 23.8 Å². The van der Waals surface area contributed by atoms with Gasteiger partial charge in [0, 0.05) is 12.8 Å². The molecule has 5 heteroatoms. The second-order valence-corrected chi connectivity index (χ2v) is 4.16. The van der Waals surface area contributed by atoms with Crippen molar-refractivity contribution in [2.75, 3.05) is 13.2 Å². The Balaban J connectivity index is 2.12. The first-order chi connectivity index (χ1) is 8.68. The van der Waals surface area contributed by atoms with Gasteiger partial charge in [0.2, 0.25) is 0 Å². The molecule has 0 unspecified atom stereocenters. The Kier molecular flexibility index (Phi) is 4.02. The lowest BCUT2D eigenvalue weighted by Crippen LogP contribution is -2.01. The average Bonchev–Trinajstić information content (AvgIpc) is 2.57. The van der Waals surface area contributed by atoms with E-state index in [2.05, 4.69) is 0 Å². The third kappa shape index (κ3) is 2.91. The zero-order valence-corrected chi connectivity index (χ0v) is 9.95. The van der Waals surface area contributed by atoms with E-state index in [1.54, 1.807) is 12.1 Å². The zero-order chi connectivity index (χ0) is 13.0. The highest BCUT2D eigenvalue weighted by Gasteiger charge is 2.18. The first-order valence-corrected chi connectivity index (χ1v) is 5.97. The van der Waals surface area contributed by atoms with E-state index >= 15 is 0 Å². The lowest BCUT2D eigenvalue weighted by molar-refractivity contribution is -0.137. The lowest BCUT2D eigenvalue weighted by Gasteiger charge is -2.11. The van der Waals surface area contributed by atoms with Crippen LogP contribution in [0.4, 0.5) is 4.39 Å². The van der Waals surface area contributed by atoms with Gasteiger partial charge in [-0.2, -0.15) is 0 Å². The van der Waals surface area contributed by atoms with Crippen molar-refractivity contribution in [3.8, 4) is 11.5 Å². The van der Waals surface area contributed by atoms with Crippen molar-refractivity contribution in [3.05, 3.63) is 23.5 Å². The summed E-state index contributed by atoms with van der Waals surface area (Å²) in [5.41, 5.74) is 0.473. The maximum Gasteiger partial charge on any atom is 0.303 e. The van der Waals surface area contributed by atoms with Crippen LogP contribution in [0.2, 0.25) is 0 Å². The van der Waals surface area contributed by atoms with Gasteiger partial charge in [0.1, 0.15) is 0 Å². The minimum absolute atomic E-state index is 0.0356. The number of carbonyl (C=O) groups is 1. The standard InChI is InChI=1S/C13H15FO4/c14-12-9(3-1-4-11(15)16)5-6-10-13(12)18-8-2-7-17-10/h5-6H,1-4,7-8H2,(H,15,16). The fraction of sp³-hybridized carbons (Fsp3) is 0.462. The molecule has 1 N–H and O–H groups in total. The molecule has 4 nitrogen and oxygen atoms in total. The largest absolute Gasteiger partial charge is 0.489 e. The molecule has 0 atom stereocenters. The summed E-state index contributed by atoms with van der Waals surface area (Å²) in [5.74, 6) is -0.725. The van der Waals surface area contributed by atoms with Crippen LogP contribution in [0.5, 0.6) is 11.5 Å². The molecule has 1 heterocycles. The number of carboxylic acid groups (broad SMARTS) is 1. The van der Waals surface area contributed by atoms with E-state index < -0.39 is 11.8 Å². The molecule has 0 amide bonds. The van der Waals surface area contributed by atoms with Crippen LogP contribution in [0.3, 0.4) is 0 Å². The Morgan fingerprint density at radius 3 is 2.89 bits per heavy atom. The predicted molar refractivity (Wildman–Crippen MR) is 62.6 cm³/mol. The predicted octanol–water partition coefficient (Wildman–Crippen LogP) is 2.39. The van der Waals surface area contributed by atoms with Crippen LogP contribution in [0.15, 0.2) is 12.1 Å². The van der Waals surface area contributed by atoms with E-state index in [1.165, 1.54) is 0 Å². The molecule has 0 saturated heterocycles. The van der Waals surface area contributed by atoms with Gasteiger partial charge in [0.05, 0.1) is 13.2 Å². The first kappa shape index (κ1) is 12.7. The van der Waals surface area contributed by atoms with Gasteiger partial charge in [-0.15, -0.1) is 0 Å². The van der Waals surface area contributed by atoms with Gasteiger partial charge in [-0.1, -0.05) is 6.07 Å². The molecule has 0 saturated carbocycles. The number of hydrogen-bond donors (Lipinski definition) is 1. The van der Waals surface area contributed by atoms with E-state index in [1.807, 2.05) is 0 Å². The number of hydrogen-bond acceptors (Lipinski definition) is 3. The maximum absolute atomic E-state index is 14.1. The Bertz CT molecular complexity index is 445. The van der Waals surface area contributed by atoms with Crippen LogP contribution in [0, 0.1) is 5.82 Å². The Hall–Kier alpha value is -1.78. The molecule has 18 heavy (non-hydrogen) atoms. The topological polar surface area (TPSA) is 55.8 Å². The van der Waals surface area contributed by atoms with E-state index in [4.69, 9.17) is 14.6 Å². The number of fused-ring (bicyclic) bond motifs is 1. The van der Waals surface area contributed by atoms with Crippen molar-refractivity contribution >= 4 is 5.97 Å². The van der Waals surface area contributed by atoms with Crippen molar-refractivity contribution in [1.29, 1.82) is 0 Å². The van der Waals surface area contributed by atoms with Crippen LogP contribution >= 0.6 is 0 Å². The second-order valence-electron chi connectivity index (χ2n) is 4.16. The summed E-state index contributed by atoms with van der Waals surface area (Å²) in [6.45, 7) is 0.952. The monoisotopic (exact) mass is 254 g/mol.